The van der Waals surface area contributed by atoms with Crippen molar-refractivity contribution in [2.24, 2.45) is 0 Å². The van der Waals surface area contributed by atoms with E-state index in [-0.39, 0.29) is 11.3 Å². The number of hydrogen-bond donors (Lipinski definition) is 2. The van der Waals surface area contributed by atoms with Crippen molar-refractivity contribution in [3.63, 3.8) is 0 Å². The smallest absolute Gasteiger partial charge is 0.270 e. The Balaban J connectivity index is 2.01. The number of rotatable bonds is 5. The van der Waals surface area contributed by atoms with Crippen LogP contribution < -0.4 is 10.6 Å². The van der Waals surface area contributed by atoms with E-state index in [1.807, 2.05) is 6.92 Å². The van der Waals surface area contributed by atoms with E-state index >= 15 is 0 Å². The van der Waals surface area contributed by atoms with Crippen molar-refractivity contribution in [3.05, 3.63) is 63.8 Å². The van der Waals surface area contributed by atoms with Gasteiger partial charge in [0.05, 0.1) is 4.92 Å². The van der Waals surface area contributed by atoms with Gasteiger partial charge in [-0.2, -0.15) is 0 Å². The lowest BCUT2D eigenvalue weighted by molar-refractivity contribution is -0.384. The van der Waals surface area contributed by atoms with Crippen molar-refractivity contribution in [3.8, 4) is 0 Å². The van der Waals surface area contributed by atoms with Crippen molar-refractivity contribution < 1.29 is 14.5 Å². The van der Waals surface area contributed by atoms with E-state index in [9.17, 15) is 19.7 Å². The first kappa shape index (κ1) is 17.1. The van der Waals surface area contributed by atoms with E-state index < -0.39 is 22.8 Å². The molecule has 1 aromatic carbocycles. The quantitative estimate of drug-likeness (QED) is 0.644. The van der Waals surface area contributed by atoms with E-state index in [4.69, 9.17) is 0 Å². The number of aryl methyl sites for hydroxylation is 1. The number of amides is 2. The molecule has 0 radical (unpaired) electrons. The van der Waals surface area contributed by atoms with Gasteiger partial charge in [-0.1, -0.05) is 6.07 Å². The third kappa shape index (κ3) is 4.35. The first-order valence-corrected chi connectivity index (χ1v) is 7.15. The summed E-state index contributed by atoms with van der Waals surface area (Å²) in [5.41, 5.74) is 0.856. The molecular weight excluding hydrogens is 312 g/mol. The molecule has 0 spiro atoms. The highest BCUT2D eigenvalue weighted by Gasteiger charge is 2.18. The first-order valence-electron chi connectivity index (χ1n) is 7.15. The molecule has 0 aliphatic heterocycles. The van der Waals surface area contributed by atoms with Crippen LogP contribution in [0, 0.1) is 17.0 Å². The number of nitrogens with one attached hydrogen (secondary N) is 2. The third-order valence-corrected chi connectivity index (χ3v) is 3.23. The van der Waals surface area contributed by atoms with Crippen LogP contribution in [0.1, 0.15) is 22.8 Å². The van der Waals surface area contributed by atoms with Gasteiger partial charge in [-0.25, -0.2) is 4.98 Å². The van der Waals surface area contributed by atoms with Gasteiger partial charge in [-0.15, -0.1) is 0 Å². The van der Waals surface area contributed by atoms with Crippen LogP contribution >= 0.6 is 0 Å². The number of pyridine rings is 1. The fourth-order valence-electron chi connectivity index (χ4n) is 1.95. The lowest BCUT2D eigenvalue weighted by atomic mass is 10.1. The molecule has 24 heavy (non-hydrogen) atoms. The minimum Gasteiger partial charge on any atom is -0.341 e. The fourth-order valence-corrected chi connectivity index (χ4v) is 1.95. The summed E-state index contributed by atoms with van der Waals surface area (Å²) in [6.07, 6.45) is 1.57. The van der Waals surface area contributed by atoms with Gasteiger partial charge in [0, 0.05) is 23.9 Å². The zero-order valence-corrected chi connectivity index (χ0v) is 13.1. The van der Waals surface area contributed by atoms with Gasteiger partial charge >= 0.3 is 0 Å². The lowest BCUT2D eigenvalue weighted by Crippen LogP contribution is -2.41. The van der Waals surface area contributed by atoms with Gasteiger partial charge in [-0.3, -0.25) is 19.7 Å². The molecule has 1 atom stereocenters. The number of nitrogens with zero attached hydrogens (tertiary/aromatic N) is 2. The van der Waals surface area contributed by atoms with Gasteiger partial charge in [0.25, 0.3) is 11.6 Å². The standard InChI is InChI=1S/C16H16N4O4/c1-10-6-7-17-14(8-10)19-15(21)11(2)18-16(22)12-4-3-5-13(9-12)20(23)24/h3-9,11H,1-2H3,(H,18,22)(H,17,19,21)/t11-/m0/s1. The summed E-state index contributed by atoms with van der Waals surface area (Å²) in [7, 11) is 0. The van der Waals surface area contributed by atoms with Crippen molar-refractivity contribution in [1.82, 2.24) is 10.3 Å². The molecule has 2 aromatic rings. The van der Waals surface area contributed by atoms with E-state index in [2.05, 4.69) is 15.6 Å². The van der Waals surface area contributed by atoms with E-state index in [1.165, 1.54) is 25.1 Å². The Hall–Kier alpha value is -3.29. The molecule has 2 amide bonds. The van der Waals surface area contributed by atoms with Crippen LogP contribution in [0.3, 0.4) is 0 Å². The van der Waals surface area contributed by atoms with Crippen LogP contribution in [0.25, 0.3) is 0 Å². The van der Waals surface area contributed by atoms with Crippen molar-refractivity contribution >= 4 is 23.3 Å². The number of carbonyl (C=O) groups excluding carboxylic acids is 2. The van der Waals surface area contributed by atoms with Crippen molar-refractivity contribution in [2.45, 2.75) is 19.9 Å². The largest absolute Gasteiger partial charge is 0.341 e. The van der Waals surface area contributed by atoms with Crippen molar-refractivity contribution in [1.29, 1.82) is 0 Å². The molecule has 1 aromatic heterocycles. The number of anilines is 1. The van der Waals surface area contributed by atoms with Gasteiger partial charge < -0.3 is 10.6 Å². The highest BCUT2D eigenvalue weighted by Crippen LogP contribution is 2.13. The number of non-ortho nitro benzene ring substituents is 1. The molecule has 8 nitrogen and oxygen atoms in total. The van der Waals surface area contributed by atoms with Gasteiger partial charge in [0.2, 0.25) is 5.91 Å². The second kappa shape index (κ2) is 7.32. The topological polar surface area (TPSA) is 114 Å². The Kier molecular flexibility index (Phi) is 5.20. The summed E-state index contributed by atoms with van der Waals surface area (Å²) in [6, 6.07) is 7.96. The van der Waals surface area contributed by atoms with E-state index in [1.54, 1.807) is 18.3 Å². The molecule has 2 N–H and O–H groups in total. The number of nitro groups is 1. The highest BCUT2D eigenvalue weighted by atomic mass is 16.6. The number of carbonyl (C=O) groups is 2. The predicted molar refractivity (Wildman–Crippen MR) is 87.6 cm³/mol. The maximum atomic E-state index is 12.1. The second-order valence-corrected chi connectivity index (χ2v) is 5.21. The molecule has 0 bridgehead atoms. The molecule has 0 unspecified atom stereocenters. The number of benzene rings is 1. The fraction of sp³-hybridized carbons (Fsp3) is 0.188. The second-order valence-electron chi connectivity index (χ2n) is 5.21. The summed E-state index contributed by atoms with van der Waals surface area (Å²) in [4.78, 5) is 38.4. The number of aromatic nitrogens is 1. The molecule has 8 heteroatoms. The van der Waals surface area contributed by atoms with E-state index in [0.717, 1.165) is 11.6 Å². The lowest BCUT2D eigenvalue weighted by Gasteiger charge is -2.14. The molecule has 0 saturated carbocycles. The minimum absolute atomic E-state index is 0.109. The zero-order chi connectivity index (χ0) is 17.7. The maximum Gasteiger partial charge on any atom is 0.270 e. The van der Waals surface area contributed by atoms with Gasteiger partial charge in [-0.05, 0) is 37.6 Å². The van der Waals surface area contributed by atoms with Gasteiger partial charge in [0.15, 0.2) is 0 Å². The molecular formula is C16H16N4O4. The summed E-state index contributed by atoms with van der Waals surface area (Å²) >= 11 is 0. The first-order chi connectivity index (χ1) is 11.4. The normalized spacial score (nSPS) is 11.4. The Bertz CT molecular complexity index is 791. The third-order valence-electron chi connectivity index (χ3n) is 3.23. The average Bonchev–Trinajstić information content (AvgIpc) is 2.54. The molecule has 0 saturated heterocycles. The summed E-state index contributed by atoms with van der Waals surface area (Å²) in [5, 5.41) is 15.8. The molecule has 0 aliphatic carbocycles. The summed E-state index contributed by atoms with van der Waals surface area (Å²) < 4.78 is 0. The van der Waals surface area contributed by atoms with Crippen LogP contribution in [0.2, 0.25) is 0 Å². The number of nitro benzene ring substituents is 1. The van der Waals surface area contributed by atoms with Crippen LogP contribution in [-0.2, 0) is 4.79 Å². The maximum absolute atomic E-state index is 12.1. The monoisotopic (exact) mass is 328 g/mol. The molecule has 0 aliphatic rings. The summed E-state index contributed by atoms with van der Waals surface area (Å²) in [5.74, 6) is -0.623. The SMILES string of the molecule is Cc1ccnc(NC(=O)[C@H](C)NC(=O)c2cccc([N+](=O)[O-])c2)c1. The Morgan fingerprint density at radius 3 is 2.67 bits per heavy atom. The molecule has 2 rings (SSSR count). The average molecular weight is 328 g/mol. The summed E-state index contributed by atoms with van der Waals surface area (Å²) in [6.45, 7) is 3.38. The Morgan fingerprint density at radius 1 is 1.25 bits per heavy atom. The van der Waals surface area contributed by atoms with Crippen LogP contribution in [-0.4, -0.2) is 27.8 Å². The number of hydrogen-bond acceptors (Lipinski definition) is 5. The van der Waals surface area contributed by atoms with Crippen LogP contribution in [0.5, 0.6) is 0 Å². The predicted octanol–water partition coefficient (Wildman–Crippen LogP) is 2.06. The van der Waals surface area contributed by atoms with Crippen LogP contribution in [0.4, 0.5) is 11.5 Å². The van der Waals surface area contributed by atoms with E-state index in [0.29, 0.717) is 5.82 Å². The highest BCUT2D eigenvalue weighted by molar-refractivity contribution is 6.00. The Labute approximate surface area is 138 Å². The van der Waals surface area contributed by atoms with Gasteiger partial charge in [0.1, 0.15) is 11.9 Å². The minimum atomic E-state index is -0.834. The molecule has 1 heterocycles. The molecule has 124 valence electrons. The van der Waals surface area contributed by atoms with Crippen molar-refractivity contribution in [2.75, 3.05) is 5.32 Å². The Morgan fingerprint density at radius 2 is 2.00 bits per heavy atom. The zero-order valence-electron chi connectivity index (χ0n) is 13.1. The van der Waals surface area contributed by atoms with Crippen LogP contribution in [0.15, 0.2) is 42.6 Å². The molecule has 0 fully saturated rings.